The first kappa shape index (κ1) is 14.0. The van der Waals surface area contributed by atoms with Crippen LogP contribution in [0.3, 0.4) is 0 Å². The van der Waals surface area contributed by atoms with Crippen LogP contribution in [-0.2, 0) is 6.42 Å². The fourth-order valence-corrected chi connectivity index (χ4v) is 2.88. The Kier molecular flexibility index (Phi) is 4.82. The first-order valence-corrected chi connectivity index (χ1v) is 7.59. The van der Waals surface area contributed by atoms with Crippen molar-refractivity contribution in [1.82, 2.24) is 10.2 Å². The maximum Gasteiger partial charge on any atom is 0.0326 e. The third-order valence-corrected chi connectivity index (χ3v) is 4.41. The number of hydrogen-bond donors (Lipinski definition) is 1. The SMILES string of the molecule is CC(C)N(C)CCNC1CCc2cc(Br)ccc21. The zero-order valence-electron chi connectivity index (χ0n) is 11.5. The third kappa shape index (κ3) is 3.34. The van der Waals surface area contributed by atoms with E-state index in [4.69, 9.17) is 0 Å². The number of nitrogens with one attached hydrogen (secondary N) is 1. The molecule has 0 aliphatic heterocycles. The van der Waals surface area contributed by atoms with Gasteiger partial charge in [0.15, 0.2) is 0 Å². The van der Waals surface area contributed by atoms with Crippen molar-refractivity contribution in [2.75, 3.05) is 20.1 Å². The molecule has 0 saturated heterocycles. The van der Waals surface area contributed by atoms with Crippen molar-refractivity contribution in [3.8, 4) is 0 Å². The van der Waals surface area contributed by atoms with Gasteiger partial charge in [-0.3, -0.25) is 0 Å². The van der Waals surface area contributed by atoms with Gasteiger partial charge in [-0.25, -0.2) is 0 Å². The first-order chi connectivity index (χ1) is 8.58. The number of rotatable bonds is 5. The van der Waals surface area contributed by atoms with Crippen LogP contribution >= 0.6 is 15.9 Å². The Bertz CT molecular complexity index is 403. The van der Waals surface area contributed by atoms with Crippen LogP contribution in [0, 0.1) is 0 Å². The van der Waals surface area contributed by atoms with Crippen molar-refractivity contribution in [1.29, 1.82) is 0 Å². The van der Waals surface area contributed by atoms with Gasteiger partial charge in [0.1, 0.15) is 0 Å². The van der Waals surface area contributed by atoms with E-state index in [1.54, 1.807) is 0 Å². The average Bonchev–Trinajstić information content (AvgIpc) is 2.71. The molecule has 0 amide bonds. The van der Waals surface area contributed by atoms with Gasteiger partial charge in [0.2, 0.25) is 0 Å². The van der Waals surface area contributed by atoms with Gasteiger partial charge in [0.25, 0.3) is 0 Å². The summed E-state index contributed by atoms with van der Waals surface area (Å²) in [6.45, 7) is 6.65. The first-order valence-electron chi connectivity index (χ1n) is 6.80. The molecule has 1 atom stereocenters. The number of halogens is 1. The molecule has 2 nitrogen and oxygen atoms in total. The zero-order chi connectivity index (χ0) is 13.1. The maximum absolute atomic E-state index is 3.69. The van der Waals surface area contributed by atoms with Gasteiger partial charge >= 0.3 is 0 Å². The Hall–Kier alpha value is -0.380. The van der Waals surface area contributed by atoms with Crippen LogP contribution < -0.4 is 5.32 Å². The summed E-state index contributed by atoms with van der Waals surface area (Å²) >= 11 is 3.55. The van der Waals surface area contributed by atoms with Crippen molar-refractivity contribution in [3.63, 3.8) is 0 Å². The zero-order valence-corrected chi connectivity index (χ0v) is 13.1. The van der Waals surface area contributed by atoms with Gasteiger partial charge in [-0.15, -0.1) is 0 Å². The molecule has 0 heterocycles. The Balaban J connectivity index is 1.86. The molecule has 0 spiro atoms. The fraction of sp³-hybridized carbons (Fsp3) is 0.600. The van der Waals surface area contributed by atoms with E-state index >= 15 is 0 Å². The Morgan fingerprint density at radius 2 is 2.22 bits per heavy atom. The van der Waals surface area contributed by atoms with Crippen LogP contribution in [0.1, 0.15) is 37.4 Å². The van der Waals surface area contributed by atoms with E-state index in [0.717, 1.165) is 13.1 Å². The summed E-state index contributed by atoms with van der Waals surface area (Å²) in [6.07, 6.45) is 2.43. The summed E-state index contributed by atoms with van der Waals surface area (Å²) in [5.41, 5.74) is 2.99. The maximum atomic E-state index is 3.69. The van der Waals surface area contributed by atoms with E-state index < -0.39 is 0 Å². The summed E-state index contributed by atoms with van der Waals surface area (Å²) in [7, 11) is 2.19. The molecular weight excluding hydrogens is 288 g/mol. The topological polar surface area (TPSA) is 15.3 Å². The minimum absolute atomic E-state index is 0.550. The van der Waals surface area contributed by atoms with E-state index in [1.807, 2.05) is 0 Å². The van der Waals surface area contributed by atoms with E-state index in [-0.39, 0.29) is 0 Å². The van der Waals surface area contributed by atoms with Gasteiger partial charge < -0.3 is 10.2 Å². The van der Waals surface area contributed by atoms with Gasteiger partial charge in [0, 0.05) is 29.6 Å². The van der Waals surface area contributed by atoms with Gasteiger partial charge in [-0.05, 0) is 57.0 Å². The van der Waals surface area contributed by atoms with E-state index in [2.05, 4.69) is 65.2 Å². The molecular formula is C15H23BrN2. The molecule has 2 rings (SSSR count). The summed E-state index contributed by atoms with van der Waals surface area (Å²) < 4.78 is 1.20. The predicted molar refractivity (Wildman–Crippen MR) is 81.0 cm³/mol. The third-order valence-electron chi connectivity index (χ3n) is 3.92. The number of likely N-dealkylation sites (N-methyl/N-ethyl adjacent to an activating group) is 1. The van der Waals surface area contributed by atoms with Crippen LogP contribution in [-0.4, -0.2) is 31.1 Å². The number of fused-ring (bicyclic) bond motifs is 1. The molecule has 1 aliphatic carbocycles. The normalized spacial score (nSPS) is 18.7. The lowest BCUT2D eigenvalue weighted by molar-refractivity contribution is 0.269. The molecule has 0 radical (unpaired) electrons. The lowest BCUT2D eigenvalue weighted by Gasteiger charge is -2.22. The molecule has 3 heteroatoms. The highest BCUT2D eigenvalue weighted by atomic mass is 79.9. The van der Waals surface area contributed by atoms with Crippen LogP contribution in [0.4, 0.5) is 0 Å². The number of nitrogens with zero attached hydrogens (tertiary/aromatic N) is 1. The molecule has 1 aliphatic rings. The molecule has 18 heavy (non-hydrogen) atoms. The second kappa shape index (κ2) is 6.18. The second-order valence-electron chi connectivity index (χ2n) is 5.46. The molecule has 0 bridgehead atoms. The average molecular weight is 311 g/mol. The minimum atomic E-state index is 0.550. The summed E-state index contributed by atoms with van der Waals surface area (Å²) in [5, 5.41) is 3.69. The van der Waals surface area contributed by atoms with Gasteiger partial charge in [-0.1, -0.05) is 22.0 Å². The molecule has 100 valence electrons. The van der Waals surface area contributed by atoms with E-state index in [1.165, 1.54) is 28.4 Å². The van der Waals surface area contributed by atoms with Crippen molar-refractivity contribution < 1.29 is 0 Å². The highest BCUT2D eigenvalue weighted by Crippen LogP contribution is 2.32. The lowest BCUT2D eigenvalue weighted by Crippen LogP contribution is -2.34. The highest BCUT2D eigenvalue weighted by molar-refractivity contribution is 9.10. The Morgan fingerprint density at radius 3 is 2.94 bits per heavy atom. The fourth-order valence-electron chi connectivity index (χ4n) is 2.47. The van der Waals surface area contributed by atoms with Crippen molar-refractivity contribution in [2.24, 2.45) is 0 Å². The summed E-state index contributed by atoms with van der Waals surface area (Å²) in [6, 6.07) is 7.85. The van der Waals surface area contributed by atoms with Gasteiger partial charge in [-0.2, -0.15) is 0 Å². The summed E-state index contributed by atoms with van der Waals surface area (Å²) in [4.78, 5) is 2.38. The van der Waals surface area contributed by atoms with Crippen molar-refractivity contribution >= 4 is 15.9 Å². The number of hydrogen-bond acceptors (Lipinski definition) is 2. The molecule has 0 aromatic heterocycles. The van der Waals surface area contributed by atoms with Crippen molar-refractivity contribution in [2.45, 2.75) is 38.8 Å². The molecule has 1 unspecified atom stereocenters. The molecule has 0 fully saturated rings. The summed E-state index contributed by atoms with van der Waals surface area (Å²) in [5.74, 6) is 0. The van der Waals surface area contributed by atoms with Crippen LogP contribution in [0.5, 0.6) is 0 Å². The highest BCUT2D eigenvalue weighted by Gasteiger charge is 2.21. The quantitative estimate of drug-likeness (QED) is 0.897. The predicted octanol–water partition coefficient (Wildman–Crippen LogP) is 3.37. The molecule has 1 aromatic carbocycles. The Morgan fingerprint density at radius 1 is 1.44 bits per heavy atom. The Labute approximate surface area is 119 Å². The van der Waals surface area contributed by atoms with E-state index in [0.29, 0.717) is 12.1 Å². The number of benzene rings is 1. The molecule has 1 aromatic rings. The van der Waals surface area contributed by atoms with Crippen LogP contribution in [0.25, 0.3) is 0 Å². The van der Waals surface area contributed by atoms with Gasteiger partial charge in [0.05, 0.1) is 0 Å². The largest absolute Gasteiger partial charge is 0.309 e. The van der Waals surface area contributed by atoms with E-state index in [9.17, 15) is 0 Å². The smallest absolute Gasteiger partial charge is 0.0326 e. The standard InChI is InChI=1S/C15H23BrN2/c1-11(2)18(3)9-8-17-15-7-4-12-10-13(16)5-6-14(12)15/h5-6,10-11,15,17H,4,7-9H2,1-3H3. The number of aryl methyl sites for hydroxylation is 1. The monoisotopic (exact) mass is 310 g/mol. The second-order valence-corrected chi connectivity index (χ2v) is 6.38. The lowest BCUT2D eigenvalue weighted by atomic mass is 10.1. The minimum Gasteiger partial charge on any atom is -0.309 e. The molecule has 0 saturated carbocycles. The molecule has 1 N–H and O–H groups in total. The van der Waals surface area contributed by atoms with Crippen LogP contribution in [0.15, 0.2) is 22.7 Å². The van der Waals surface area contributed by atoms with Crippen LogP contribution in [0.2, 0.25) is 0 Å². The van der Waals surface area contributed by atoms with Crippen molar-refractivity contribution in [3.05, 3.63) is 33.8 Å².